The Hall–Kier alpha value is -2.93. The number of phenols is 1. The van der Waals surface area contributed by atoms with Gasteiger partial charge in [0, 0.05) is 0 Å². The molecule has 7 nitrogen and oxygen atoms in total. The lowest BCUT2D eigenvalue weighted by atomic mass is 10.2. The van der Waals surface area contributed by atoms with Gasteiger partial charge in [0.2, 0.25) is 0 Å². The van der Waals surface area contributed by atoms with E-state index in [1.54, 1.807) is 6.07 Å². The summed E-state index contributed by atoms with van der Waals surface area (Å²) < 4.78 is 11.5. The van der Waals surface area contributed by atoms with Crippen LogP contribution in [0.2, 0.25) is 0 Å². The number of para-hydroxylation sites is 4. The highest BCUT2D eigenvalue weighted by atomic mass is 16.6. The van der Waals surface area contributed by atoms with Gasteiger partial charge in [-0.2, -0.15) is 0 Å². The van der Waals surface area contributed by atoms with Gasteiger partial charge in [-0.3, -0.25) is 4.79 Å². The third-order valence-electron chi connectivity index (χ3n) is 5.20. The summed E-state index contributed by atoms with van der Waals surface area (Å²) in [5.74, 6) is 1.80. The summed E-state index contributed by atoms with van der Waals surface area (Å²) in [6.45, 7) is 4.66. The molecule has 1 amide bonds. The molecule has 0 aromatic heterocycles. The largest absolute Gasteiger partial charge is 0.506 e. The first-order valence-corrected chi connectivity index (χ1v) is 9.71. The minimum Gasteiger partial charge on any atom is -0.506 e. The van der Waals surface area contributed by atoms with Crippen molar-refractivity contribution in [3.8, 4) is 17.2 Å². The second-order valence-corrected chi connectivity index (χ2v) is 7.20. The van der Waals surface area contributed by atoms with Crippen molar-refractivity contribution < 1.29 is 24.3 Å². The van der Waals surface area contributed by atoms with E-state index < -0.39 is 0 Å². The minimum atomic E-state index is -0.174. The molecule has 2 aromatic rings. The lowest BCUT2D eigenvalue weighted by Crippen LogP contribution is -3.16. The van der Waals surface area contributed by atoms with E-state index in [1.165, 1.54) is 4.90 Å². The summed E-state index contributed by atoms with van der Waals surface area (Å²) in [7, 11) is 0. The van der Waals surface area contributed by atoms with Crippen LogP contribution in [-0.4, -0.2) is 63.0 Å². The molecule has 148 valence electrons. The molecule has 0 unspecified atom stereocenters. The van der Waals surface area contributed by atoms with E-state index in [4.69, 9.17) is 9.47 Å². The molecule has 2 aromatic carbocycles. The number of amides is 1. The van der Waals surface area contributed by atoms with Gasteiger partial charge in [-0.05, 0) is 24.3 Å². The summed E-state index contributed by atoms with van der Waals surface area (Å²) >= 11 is 0. The quantitative estimate of drug-likeness (QED) is 0.680. The summed E-state index contributed by atoms with van der Waals surface area (Å²) in [4.78, 5) is 15.7. The van der Waals surface area contributed by atoms with E-state index >= 15 is 0 Å². The monoisotopic (exact) mass is 384 g/mol. The number of aromatic hydroxyl groups is 1. The van der Waals surface area contributed by atoms with Crippen molar-refractivity contribution in [1.29, 1.82) is 0 Å². The van der Waals surface area contributed by atoms with Crippen LogP contribution >= 0.6 is 0 Å². The predicted molar refractivity (Wildman–Crippen MR) is 105 cm³/mol. The summed E-state index contributed by atoms with van der Waals surface area (Å²) in [6.07, 6.45) is -0.174. The number of nitrogens with zero attached hydrogens (tertiary/aromatic N) is 1. The van der Waals surface area contributed by atoms with E-state index in [0.717, 1.165) is 43.4 Å². The number of fused-ring (bicyclic) bond motifs is 1. The number of phenolic OH excluding ortho intramolecular Hbond substituents is 1. The third kappa shape index (κ3) is 4.31. The zero-order chi connectivity index (χ0) is 19.3. The molecule has 2 heterocycles. The highest BCUT2D eigenvalue weighted by molar-refractivity contribution is 5.76. The fraction of sp³-hybridized carbons (Fsp3) is 0.381. The van der Waals surface area contributed by atoms with Crippen molar-refractivity contribution in [3.05, 3.63) is 48.5 Å². The van der Waals surface area contributed by atoms with Crippen LogP contribution in [0.15, 0.2) is 48.5 Å². The van der Waals surface area contributed by atoms with E-state index in [2.05, 4.69) is 10.2 Å². The molecule has 1 fully saturated rings. The van der Waals surface area contributed by atoms with Gasteiger partial charge in [0.05, 0.1) is 38.4 Å². The number of quaternary nitrogens is 1. The van der Waals surface area contributed by atoms with Gasteiger partial charge in [0.1, 0.15) is 18.5 Å². The zero-order valence-corrected chi connectivity index (χ0v) is 15.8. The molecule has 28 heavy (non-hydrogen) atoms. The molecule has 0 radical (unpaired) electrons. The van der Waals surface area contributed by atoms with Crippen molar-refractivity contribution in [2.75, 3.05) is 50.8 Å². The maximum Gasteiger partial charge on any atom is 0.275 e. The number of carbonyl (C=O) groups excluding carboxylic acids is 1. The van der Waals surface area contributed by atoms with Crippen LogP contribution in [0.4, 0.5) is 5.69 Å². The van der Waals surface area contributed by atoms with Crippen molar-refractivity contribution in [1.82, 2.24) is 5.32 Å². The van der Waals surface area contributed by atoms with E-state index in [0.29, 0.717) is 25.4 Å². The molecule has 2 aliphatic rings. The Morgan fingerprint density at radius 3 is 2.61 bits per heavy atom. The van der Waals surface area contributed by atoms with Crippen molar-refractivity contribution in [2.24, 2.45) is 0 Å². The molecule has 1 atom stereocenters. The molecule has 0 spiro atoms. The van der Waals surface area contributed by atoms with Gasteiger partial charge < -0.3 is 29.7 Å². The van der Waals surface area contributed by atoms with Crippen LogP contribution in [0.3, 0.4) is 0 Å². The Morgan fingerprint density at radius 2 is 1.82 bits per heavy atom. The SMILES string of the molecule is O=C(C[NH+]1CCN(c2ccccc2O)CC1)NC[C@@H]1COc2ccccc2O1. The maximum atomic E-state index is 12.3. The van der Waals surface area contributed by atoms with Gasteiger partial charge in [0.15, 0.2) is 18.0 Å². The molecule has 3 N–H and O–H groups in total. The molecule has 1 saturated heterocycles. The summed E-state index contributed by atoms with van der Waals surface area (Å²) in [5.41, 5.74) is 0.862. The number of rotatable bonds is 5. The number of ether oxygens (including phenoxy) is 2. The molecular formula is C21H26N3O4+. The van der Waals surface area contributed by atoms with Crippen LogP contribution < -0.4 is 24.6 Å². The van der Waals surface area contributed by atoms with Crippen LogP contribution in [0.1, 0.15) is 0 Å². The average Bonchev–Trinajstić information content (AvgIpc) is 2.73. The number of anilines is 1. The van der Waals surface area contributed by atoms with Crippen LogP contribution in [0.5, 0.6) is 17.2 Å². The average molecular weight is 384 g/mol. The lowest BCUT2D eigenvalue weighted by molar-refractivity contribution is -0.892. The Kier molecular flexibility index (Phi) is 5.53. The van der Waals surface area contributed by atoms with Crippen LogP contribution in [-0.2, 0) is 4.79 Å². The molecule has 0 saturated carbocycles. The van der Waals surface area contributed by atoms with Gasteiger partial charge >= 0.3 is 0 Å². The molecule has 4 rings (SSSR count). The molecule has 0 bridgehead atoms. The highest BCUT2D eigenvalue weighted by Crippen LogP contribution is 2.30. The summed E-state index contributed by atoms with van der Waals surface area (Å²) in [6, 6.07) is 14.9. The summed E-state index contributed by atoms with van der Waals surface area (Å²) in [5, 5.41) is 13.0. The Morgan fingerprint density at radius 1 is 1.11 bits per heavy atom. The van der Waals surface area contributed by atoms with E-state index in [9.17, 15) is 9.90 Å². The van der Waals surface area contributed by atoms with Gasteiger partial charge in [-0.15, -0.1) is 0 Å². The normalized spacial score (nSPS) is 19.3. The number of carbonyl (C=O) groups is 1. The maximum absolute atomic E-state index is 12.3. The first-order valence-electron chi connectivity index (χ1n) is 9.71. The van der Waals surface area contributed by atoms with E-state index in [1.807, 2.05) is 42.5 Å². The number of hydrogen-bond acceptors (Lipinski definition) is 5. The van der Waals surface area contributed by atoms with Crippen molar-refractivity contribution in [3.63, 3.8) is 0 Å². The molecular weight excluding hydrogens is 358 g/mol. The first-order chi connectivity index (χ1) is 13.7. The van der Waals surface area contributed by atoms with Crippen LogP contribution in [0, 0.1) is 0 Å². The van der Waals surface area contributed by atoms with Gasteiger partial charge in [-0.1, -0.05) is 24.3 Å². The fourth-order valence-corrected chi connectivity index (χ4v) is 3.65. The Bertz CT molecular complexity index is 821. The lowest BCUT2D eigenvalue weighted by Gasteiger charge is -2.33. The molecule has 7 heteroatoms. The minimum absolute atomic E-state index is 0.0217. The number of nitrogens with one attached hydrogen (secondary N) is 2. The Labute approximate surface area is 164 Å². The fourth-order valence-electron chi connectivity index (χ4n) is 3.65. The highest BCUT2D eigenvalue weighted by Gasteiger charge is 2.25. The second-order valence-electron chi connectivity index (χ2n) is 7.20. The van der Waals surface area contributed by atoms with Crippen molar-refractivity contribution >= 4 is 11.6 Å². The first kappa shape index (κ1) is 18.4. The van der Waals surface area contributed by atoms with Crippen molar-refractivity contribution in [2.45, 2.75) is 6.10 Å². The topological polar surface area (TPSA) is 75.5 Å². The third-order valence-corrected chi connectivity index (χ3v) is 5.20. The zero-order valence-electron chi connectivity index (χ0n) is 15.8. The van der Waals surface area contributed by atoms with Crippen LogP contribution in [0.25, 0.3) is 0 Å². The second kappa shape index (κ2) is 8.39. The molecule has 2 aliphatic heterocycles. The van der Waals surface area contributed by atoms with Gasteiger partial charge in [0.25, 0.3) is 5.91 Å². The van der Waals surface area contributed by atoms with Gasteiger partial charge in [-0.25, -0.2) is 0 Å². The van der Waals surface area contributed by atoms with E-state index in [-0.39, 0.29) is 12.0 Å². The standard InChI is InChI=1S/C21H25N3O4/c25-18-6-2-1-5-17(18)24-11-9-23(10-12-24)14-21(26)22-13-16-15-27-19-7-3-4-8-20(19)28-16/h1-8,16,25H,9-15H2,(H,22,26)/p+1/t16-/m1/s1. The number of benzene rings is 2. The number of piperazine rings is 1. The smallest absolute Gasteiger partial charge is 0.275 e. The Balaban J connectivity index is 1.20. The molecule has 0 aliphatic carbocycles. The predicted octanol–water partition coefficient (Wildman–Crippen LogP) is 0.0533. The number of hydrogen-bond donors (Lipinski definition) is 3.